The fraction of sp³-hybridized carbons (Fsp3) is 0. The zero-order valence-electron chi connectivity index (χ0n) is 7.36. The van der Waals surface area contributed by atoms with Gasteiger partial charge in [0.1, 0.15) is 0 Å². The first-order chi connectivity index (χ1) is 5.94. The molecule has 12 nitrogen and oxygen atoms in total. The summed E-state index contributed by atoms with van der Waals surface area (Å²) in [6.45, 7) is 0. The Balaban J connectivity index is -0.0000000607. The van der Waals surface area contributed by atoms with Crippen LogP contribution in [0.2, 0.25) is 0 Å². The molecule has 0 saturated carbocycles. The Morgan fingerprint density at radius 2 is 0.941 bits per heavy atom. The van der Waals surface area contributed by atoms with E-state index in [4.69, 9.17) is 15.3 Å². The zero-order chi connectivity index (χ0) is 12.0. The Hall–Kier alpha value is 2.06. The fourth-order valence-electron chi connectivity index (χ4n) is 0.0680. The number of rotatable bonds is 3. The second kappa shape index (κ2) is 14.5. The molecule has 0 aromatic rings. The van der Waals surface area contributed by atoms with E-state index in [1.165, 1.54) is 0 Å². The summed E-state index contributed by atoms with van der Waals surface area (Å²) in [4.78, 5) is 8.25. The van der Waals surface area contributed by atoms with Crippen LogP contribution in [0.4, 0.5) is 0 Å². The fourth-order valence-corrected chi connectivity index (χ4v) is 0.612. The van der Waals surface area contributed by atoms with Gasteiger partial charge in [-0.15, -0.1) is 8.67 Å². The molecule has 0 aliphatic carbocycles. The van der Waals surface area contributed by atoms with Crippen molar-refractivity contribution in [3.05, 3.63) is 15.3 Å². The van der Waals surface area contributed by atoms with Gasteiger partial charge in [-0.2, -0.15) is 0 Å². The van der Waals surface area contributed by atoms with Gasteiger partial charge in [0.25, 0.3) is 0 Å². The maximum Gasteiger partial charge on any atom is 1.00 e. The van der Waals surface area contributed by atoms with Crippen LogP contribution < -0.4 is 51.4 Å². The molecule has 0 aliphatic rings. The van der Waals surface area contributed by atoms with Crippen LogP contribution in [-0.4, -0.2) is 31.0 Å². The predicted octanol–water partition coefficient (Wildman–Crippen LogP) is -5.39. The molecule has 0 atom stereocenters. The summed E-state index contributed by atoms with van der Waals surface area (Å²) in [6.07, 6.45) is 0. The third kappa shape index (κ3) is 56.8. The van der Waals surface area contributed by atoms with E-state index in [9.17, 15) is 25.9 Å². The molecule has 0 unspecified atom stereocenters. The minimum Gasteiger partial charge on any atom is -0.724 e. The smallest absolute Gasteiger partial charge is 0.724 e. The zero-order valence-corrected chi connectivity index (χ0v) is 15.1. The van der Waals surface area contributed by atoms with Crippen molar-refractivity contribution >= 4 is 20.8 Å². The first kappa shape index (κ1) is 31.4. The van der Waals surface area contributed by atoms with Crippen LogP contribution in [0, 0.1) is 15.3 Å². The monoisotopic (exact) mass is 507 g/mol. The molecule has 0 amide bonds. The molecule has 0 spiro atoms. The van der Waals surface area contributed by atoms with Crippen molar-refractivity contribution in [1.82, 2.24) is 0 Å². The summed E-state index contributed by atoms with van der Waals surface area (Å²) >= 11 is 0. The van der Waals surface area contributed by atoms with Crippen molar-refractivity contribution in [3.63, 3.8) is 0 Å². The van der Waals surface area contributed by atoms with E-state index in [1.54, 1.807) is 0 Å². The molecule has 0 fully saturated rings. The van der Waals surface area contributed by atoms with Crippen LogP contribution in [0.15, 0.2) is 0 Å². The second-order valence-electron chi connectivity index (χ2n) is 1.18. The van der Waals surface area contributed by atoms with Gasteiger partial charge in [-0.25, -0.2) is 16.8 Å². The summed E-state index contributed by atoms with van der Waals surface area (Å²) in [5.41, 5.74) is 0. The Morgan fingerprint density at radius 1 is 0.824 bits per heavy atom. The topological polar surface area (TPSA) is 199 Å². The molecule has 0 N–H and O–H groups in total. The summed E-state index contributed by atoms with van der Waals surface area (Å²) < 4.78 is 61.5. The number of hydrogen-bond acceptors (Lipinski definition) is 11. The van der Waals surface area contributed by atoms with Crippen LogP contribution in [0.1, 0.15) is 0 Å². The van der Waals surface area contributed by atoms with E-state index in [2.05, 4.69) is 8.67 Å². The third-order valence-electron chi connectivity index (χ3n) is 0.194. The van der Waals surface area contributed by atoms with E-state index in [1.807, 2.05) is 0 Å². The minimum absolute atomic E-state index is 0. The molecular formula is Ag2KNO11S2. The van der Waals surface area contributed by atoms with Crippen molar-refractivity contribution in [1.29, 1.82) is 0 Å². The van der Waals surface area contributed by atoms with Crippen LogP contribution in [0.5, 0.6) is 0 Å². The van der Waals surface area contributed by atoms with Crippen LogP contribution in [0.3, 0.4) is 0 Å². The molecule has 0 rings (SSSR count). The quantitative estimate of drug-likeness (QED) is 0.0879. The third-order valence-corrected chi connectivity index (χ3v) is 0.750. The summed E-state index contributed by atoms with van der Waals surface area (Å²) in [5, 5.41) is 14.8. The average molecular weight is 509 g/mol. The van der Waals surface area contributed by atoms with E-state index in [0.717, 1.165) is 0 Å². The van der Waals surface area contributed by atoms with Gasteiger partial charge in [0.2, 0.25) is 20.8 Å². The molecule has 17 heavy (non-hydrogen) atoms. The Bertz CT molecular complexity index is 334. The molecular weight excluding hydrogens is 509 g/mol. The molecule has 0 radical (unpaired) electrons. The Kier molecular flexibility index (Phi) is 26.8. The second-order valence-corrected chi connectivity index (χ2v) is 3.08. The SMILES string of the molecule is O=S(=O)([O-])OOS(=O)(=O)[O-].O=[N+]([O-])[O-].[Ag+].[Ag+].[K+]. The average Bonchev–Trinajstić information content (AvgIpc) is 1.79. The normalized spacial score (nSPS) is 9.29. The van der Waals surface area contributed by atoms with Crippen molar-refractivity contribution < 1.29 is 136 Å². The number of nitrogens with zero attached hydrogens (tertiary/aromatic N) is 1. The van der Waals surface area contributed by atoms with Gasteiger partial charge in [0, 0.05) is 0 Å². The van der Waals surface area contributed by atoms with Gasteiger partial charge < -0.3 is 24.4 Å². The Labute approximate surface area is 169 Å². The van der Waals surface area contributed by atoms with Crippen LogP contribution in [-0.2, 0) is 74.2 Å². The molecule has 0 bridgehead atoms. The maximum atomic E-state index is 9.37. The molecule has 0 heterocycles. The van der Waals surface area contributed by atoms with Crippen LogP contribution >= 0.6 is 0 Å². The predicted molar refractivity (Wildman–Crippen MR) is 31.9 cm³/mol. The van der Waals surface area contributed by atoms with Gasteiger partial charge in [-0.3, -0.25) is 0 Å². The van der Waals surface area contributed by atoms with E-state index in [-0.39, 0.29) is 96.1 Å². The van der Waals surface area contributed by atoms with E-state index < -0.39 is 25.9 Å². The minimum atomic E-state index is -5.31. The number of hydrogen-bond donors (Lipinski definition) is 0. The maximum absolute atomic E-state index is 9.37. The first-order valence-corrected chi connectivity index (χ1v) is 4.71. The molecule has 0 aliphatic heterocycles. The van der Waals surface area contributed by atoms with E-state index in [0.29, 0.717) is 0 Å². The molecule has 17 heteroatoms. The summed E-state index contributed by atoms with van der Waals surface area (Å²) in [5.74, 6) is 0. The molecule has 0 aromatic heterocycles. The van der Waals surface area contributed by atoms with Gasteiger partial charge in [0.05, 0.1) is 5.09 Å². The van der Waals surface area contributed by atoms with Crippen molar-refractivity contribution in [2.75, 3.05) is 0 Å². The van der Waals surface area contributed by atoms with E-state index >= 15 is 0 Å². The molecule has 0 saturated heterocycles. The van der Waals surface area contributed by atoms with Crippen molar-refractivity contribution in [2.45, 2.75) is 0 Å². The first-order valence-electron chi connectivity index (χ1n) is 2.05. The molecule has 106 valence electrons. The van der Waals surface area contributed by atoms with Crippen molar-refractivity contribution in [3.8, 4) is 0 Å². The van der Waals surface area contributed by atoms with Gasteiger partial charge in [0.15, 0.2) is 0 Å². The van der Waals surface area contributed by atoms with Gasteiger partial charge in [-0.05, 0) is 0 Å². The standard InChI is InChI=1S/2Ag.K.NO3.H2O8S2/c;;;2-1(3)4;1-9(2,3)7-8-10(4,5)6/h;;;;(H,1,2,3)(H,4,5,6)/q3*+1;-1;/p-2. The Morgan fingerprint density at radius 3 is 1.00 bits per heavy atom. The van der Waals surface area contributed by atoms with Crippen molar-refractivity contribution in [2.24, 2.45) is 0 Å². The van der Waals surface area contributed by atoms with Crippen LogP contribution in [0.25, 0.3) is 0 Å². The van der Waals surface area contributed by atoms with Gasteiger partial charge >= 0.3 is 96.1 Å². The summed E-state index contributed by atoms with van der Waals surface area (Å²) in [7, 11) is -10.6. The summed E-state index contributed by atoms with van der Waals surface area (Å²) in [6, 6.07) is 0. The van der Waals surface area contributed by atoms with Gasteiger partial charge in [-0.1, -0.05) is 0 Å². The largest absolute Gasteiger partial charge is 1.00 e. The molecule has 0 aromatic carbocycles.